The Labute approximate surface area is 217 Å². The number of aromatic nitrogens is 4. The van der Waals surface area contributed by atoms with E-state index in [4.69, 9.17) is 5.73 Å². The maximum absolute atomic E-state index is 12.9. The number of hydrogen-bond donors (Lipinski definition) is 1. The van der Waals surface area contributed by atoms with Crippen LogP contribution >= 0.6 is 0 Å². The van der Waals surface area contributed by atoms with Crippen LogP contribution in [-0.4, -0.2) is 44.4 Å². The summed E-state index contributed by atoms with van der Waals surface area (Å²) in [5.74, 6) is -3.28. The minimum atomic E-state index is -5.27. The van der Waals surface area contributed by atoms with Crippen LogP contribution in [0.5, 0.6) is 0 Å². The van der Waals surface area contributed by atoms with E-state index >= 15 is 0 Å². The summed E-state index contributed by atoms with van der Waals surface area (Å²) < 4.78 is 65.8. The monoisotopic (exact) mass is 552 g/mol. The molecule has 10 nitrogen and oxygen atoms in total. The molecule has 0 radical (unpaired) electrons. The molecule has 1 aliphatic heterocycles. The first-order valence-electron chi connectivity index (χ1n) is 11.5. The molecule has 1 aromatic heterocycles. The lowest BCUT2D eigenvalue weighted by Crippen LogP contribution is -2.41. The fourth-order valence-corrected chi connectivity index (χ4v) is 4.11. The fraction of sp³-hybridized carbons (Fsp3) is 0.292. The Balaban J connectivity index is 1.60. The quantitative estimate of drug-likeness (QED) is 0.447. The molecule has 2 N–H and O–H groups in total. The summed E-state index contributed by atoms with van der Waals surface area (Å²) in [6.07, 6.45) is -7.20. The van der Waals surface area contributed by atoms with Crippen LogP contribution in [0.25, 0.3) is 11.1 Å². The molecular weight excluding hydrogens is 531 g/mol. The molecule has 1 aliphatic rings. The molecule has 0 atom stereocenters. The highest BCUT2D eigenvalue weighted by atomic mass is 19.4. The Hall–Kier alpha value is -4.40. The van der Waals surface area contributed by atoms with Crippen molar-refractivity contribution in [2.75, 3.05) is 11.6 Å². The highest BCUT2D eigenvalue weighted by molar-refractivity contribution is 5.98. The number of nitrogens with two attached hydrogens (primary N) is 1. The van der Waals surface area contributed by atoms with Gasteiger partial charge in [0.25, 0.3) is 12.0 Å². The van der Waals surface area contributed by atoms with E-state index in [1.165, 1.54) is 0 Å². The van der Waals surface area contributed by atoms with Gasteiger partial charge in [-0.3, -0.25) is 4.79 Å². The molecule has 0 saturated heterocycles. The average Bonchev–Trinajstić information content (AvgIpc) is 3.21. The van der Waals surface area contributed by atoms with E-state index in [2.05, 4.69) is 15.3 Å². The number of carbonyl (C=O) groups is 2. The largest absolute Gasteiger partial charge is 0.493 e. The van der Waals surface area contributed by atoms with Crippen LogP contribution in [0.15, 0.2) is 52.8 Å². The third kappa shape index (κ3) is 5.87. The zero-order valence-corrected chi connectivity index (χ0v) is 20.3. The summed E-state index contributed by atoms with van der Waals surface area (Å²) in [6, 6.07) is 10.2. The zero-order valence-electron chi connectivity index (χ0n) is 20.3. The first-order chi connectivity index (χ1) is 18.4. The summed E-state index contributed by atoms with van der Waals surface area (Å²) in [4.78, 5) is 40.6. The van der Waals surface area contributed by atoms with Crippen LogP contribution in [0.2, 0.25) is 0 Å². The maximum atomic E-state index is 12.9. The smallest absolute Gasteiger partial charge is 0.327 e. The van der Waals surface area contributed by atoms with Gasteiger partial charge >= 0.3 is 17.8 Å². The summed E-state index contributed by atoms with van der Waals surface area (Å²) in [5.41, 5.74) is 7.08. The first kappa shape index (κ1) is 27.6. The maximum Gasteiger partial charge on any atom is 0.493 e. The minimum absolute atomic E-state index is 0.0218. The van der Waals surface area contributed by atoms with Crippen molar-refractivity contribution in [1.29, 1.82) is 0 Å². The lowest BCUT2D eigenvalue weighted by molar-refractivity contribution is -0.201. The van der Waals surface area contributed by atoms with E-state index in [1.54, 1.807) is 43.3 Å². The number of halogens is 5. The number of alkyl halides is 3. The molecule has 0 saturated carbocycles. The molecule has 3 aromatic rings. The lowest BCUT2D eigenvalue weighted by atomic mass is 9.93. The van der Waals surface area contributed by atoms with E-state index in [0.29, 0.717) is 32.9 Å². The highest BCUT2D eigenvalue weighted by Gasteiger charge is 2.44. The summed E-state index contributed by atoms with van der Waals surface area (Å²) in [5, 5.41) is 7.75. The Morgan fingerprint density at radius 3 is 2.44 bits per heavy atom. The third-order valence-corrected chi connectivity index (χ3v) is 5.97. The van der Waals surface area contributed by atoms with Crippen molar-refractivity contribution in [2.45, 2.75) is 39.0 Å². The molecule has 2 heterocycles. The minimum Gasteiger partial charge on any atom is -0.327 e. The van der Waals surface area contributed by atoms with Crippen molar-refractivity contribution in [3.8, 4) is 11.1 Å². The molecule has 2 aromatic carbocycles. The molecule has 206 valence electrons. The van der Waals surface area contributed by atoms with E-state index in [9.17, 15) is 36.3 Å². The van der Waals surface area contributed by atoms with E-state index in [0.717, 1.165) is 9.36 Å². The van der Waals surface area contributed by atoms with Crippen LogP contribution in [0.3, 0.4) is 0 Å². The number of hydroxylamine groups is 1. The summed E-state index contributed by atoms with van der Waals surface area (Å²) in [7, 11) is 0. The molecule has 0 aliphatic carbocycles. The summed E-state index contributed by atoms with van der Waals surface area (Å²) >= 11 is 0. The SMILES string of the molecule is Cc1cc(-c2cccc(Cn3nnn(CC(CN)=C(F)F)c3=O)c2)cc2c1N(OC(=O)C(F)(F)F)C(=O)CC2. The molecule has 0 unspecified atom stereocenters. The van der Waals surface area contributed by atoms with Crippen molar-refractivity contribution >= 4 is 17.6 Å². The van der Waals surface area contributed by atoms with Gasteiger partial charge in [0.2, 0.25) is 0 Å². The van der Waals surface area contributed by atoms with Gasteiger partial charge in [-0.2, -0.15) is 31.3 Å². The lowest BCUT2D eigenvalue weighted by Gasteiger charge is -2.29. The predicted octanol–water partition coefficient (Wildman–Crippen LogP) is 2.87. The number of aryl methyl sites for hydroxylation is 2. The number of benzene rings is 2. The first-order valence-corrected chi connectivity index (χ1v) is 11.5. The number of amides is 1. The number of hydrogen-bond acceptors (Lipinski definition) is 7. The molecular formula is C24H21F5N6O4. The fourth-order valence-electron chi connectivity index (χ4n) is 4.11. The molecule has 1 amide bonds. The van der Waals surface area contributed by atoms with Gasteiger partial charge in [-0.1, -0.05) is 18.2 Å². The molecule has 0 bridgehead atoms. The number of carbonyl (C=O) groups excluding carboxylic acids is 2. The van der Waals surface area contributed by atoms with Crippen LogP contribution in [0.4, 0.5) is 27.6 Å². The van der Waals surface area contributed by atoms with Crippen molar-refractivity contribution in [1.82, 2.24) is 19.8 Å². The highest BCUT2D eigenvalue weighted by Crippen LogP contribution is 2.36. The predicted molar refractivity (Wildman–Crippen MR) is 126 cm³/mol. The molecule has 39 heavy (non-hydrogen) atoms. The molecule has 4 rings (SSSR count). The van der Waals surface area contributed by atoms with Gasteiger partial charge in [-0.25, -0.2) is 9.59 Å². The van der Waals surface area contributed by atoms with E-state index in [1.807, 2.05) is 0 Å². The zero-order chi connectivity index (χ0) is 28.5. The number of tetrazole rings is 1. The summed E-state index contributed by atoms with van der Waals surface area (Å²) in [6.45, 7) is 0.609. The second-order valence-corrected chi connectivity index (χ2v) is 8.71. The van der Waals surface area contributed by atoms with Crippen molar-refractivity contribution < 1.29 is 36.4 Å². The average molecular weight is 552 g/mol. The van der Waals surface area contributed by atoms with Gasteiger partial charge in [0.1, 0.15) is 0 Å². The van der Waals surface area contributed by atoms with Gasteiger partial charge in [-0.05, 0) is 69.8 Å². The normalized spacial score (nSPS) is 13.3. The van der Waals surface area contributed by atoms with Crippen molar-refractivity contribution in [2.24, 2.45) is 5.73 Å². The Morgan fingerprint density at radius 1 is 1.05 bits per heavy atom. The van der Waals surface area contributed by atoms with Crippen LogP contribution < -0.4 is 16.5 Å². The number of nitrogens with zero attached hydrogens (tertiary/aromatic N) is 5. The Bertz CT molecular complexity index is 1520. The second kappa shape index (κ2) is 10.8. The second-order valence-electron chi connectivity index (χ2n) is 8.71. The van der Waals surface area contributed by atoms with Crippen molar-refractivity contribution in [3.63, 3.8) is 0 Å². The standard InChI is InChI=1S/C24H21F5N6O4/c1-13-7-17(9-16-5-6-19(36)35(20(13)16)39-22(37)24(27,28)29)15-4-2-3-14(8-15)11-33-23(38)34(32-31-33)12-18(10-30)21(25)26/h2-4,7-9H,5-6,10-12,30H2,1H3. The van der Waals surface area contributed by atoms with Crippen LogP contribution in [-0.2, 0) is 33.9 Å². The molecule has 15 heteroatoms. The third-order valence-electron chi connectivity index (χ3n) is 5.97. The van der Waals surface area contributed by atoms with Gasteiger partial charge in [0, 0.05) is 18.5 Å². The number of rotatable bonds is 7. The topological polar surface area (TPSA) is 125 Å². The van der Waals surface area contributed by atoms with Crippen molar-refractivity contribution in [3.05, 3.63) is 75.2 Å². The van der Waals surface area contributed by atoms with Crippen LogP contribution in [0, 0.1) is 6.92 Å². The van der Waals surface area contributed by atoms with E-state index < -0.39 is 48.5 Å². The van der Waals surface area contributed by atoms with E-state index in [-0.39, 0.29) is 25.1 Å². The van der Waals surface area contributed by atoms with Gasteiger partial charge in [0.05, 0.1) is 18.8 Å². The van der Waals surface area contributed by atoms with Gasteiger partial charge in [-0.15, -0.1) is 5.06 Å². The molecule has 0 fully saturated rings. The molecule has 0 spiro atoms. The number of anilines is 1. The van der Waals surface area contributed by atoms with Gasteiger partial charge in [0.15, 0.2) is 0 Å². The van der Waals surface area contributed by atoms with Crippen LogP contribution in [0.1, 0.15) is 23.1 Å². The number of fused-ring (bicyclic) bond motifs is 1. The Kier molecular flexibility index (Phi) is 7.63. The Morgan fingerprint density at radius 2 is 1.77 bits per heavy atom. The van der Waals surface area contributed by atoms with Gasteiger partial charge < -0.3 is 10.6 Å².